The lowest BCUT2D eigenvalue weighted by Crippen LogP contribution is -1.97. The number of benzene rings is 6. The van der Waals surface area contributed by atoms with E-state index in [0.717, 1.165) is 16.9 Å². The SMILES string of the molecule is C=Cc1c(C=C)c(-c2ccc(CSC)cc2)c2cc(-c3cccc4ccccc34)ccc2c1-c1ccc(CS)cc1. The fraction of sp³-hybridized carbons (Fsp3) is 0.0769. The maximum Gasteiger partial charge on any atom is 0.0181 e. The van der Waals surface area contributed by atoms with E-state index in [1.165, 1.54) is 66.1 Å². The Hall–Kier alpha value is -3.98. The third-order valence-corrected chi connectivity index (χ3v) is 8.86. The van der Waals surface area contributed by atoms with Crippen LogP contribution in [-0.2, 0) is 11.5 Å². The third kappa shape index (κ3) is 5.03. The van der Waals surface area contributed by atoms with Gasteiger partial charge in [0.2, 0.25) is 0 Å². The van der Waals surface area contributed by atoms with E-state index in [2.05, 4.69) is 141 Å². The molecule has 0 aliphatic rings. The average Bonchev–Trinajstić information content (AvgIpc) is 3.03. The smallest absolute Gasteiger partial charge is 0.0181 e. The summed E-state index contributed by atoms with van der Waals surface area (Å²) in [7, 11) is 0. The van der Waals surface area contributed by atoms with Crippen LogP contribution in [0.5, 0.6) is 0 Å². The summed E-state index contributed by atoms with van der Waals surface area (Å²) in [4.78, 5) is 0. The lowest BCUT2D eigenvalue weighted by molar-refractivity contribution is 1.42. The van der Waals surface area contributed by atoms with Crippen LogP contribution in [0.3, 0.4) is 0 Å². The van der Waals surface area contributed by atoms with E-state index in [1.807, 2.05) is 23.9 Å². The molecule has 0 fully saturated rings. The number of hydrogen-bond acceptors (Lipinski definition) is 2. The molecule has 0 radical (unpaired) electrons. The summed E-state index contributed by atoms with van der Waals surface area (Å²) < 4.78 is 0. The number of thiol groups is 1. The molecule has 0 aromatic heterocycles. The number of hydrogen-bond donors (Lipinski definition) is 1. The molecule has 0 saturated carbocycles. The summed E-state index contributed by atoms with van der Waals surface area (Å²) in [5.74, 6) is 1.72. The topological polar surface area (TPSA) is 0 Å². The molecule has 0 spiro atoms. The molecule has 6 aromatic carbocycles. The first kappa shape index (κ1) is 27.2. The van der Waals surface area contributed by atoms with Crippen molar-refractivity contribution < 1.29 is 0 Å². The minimum atomic E-state index is 0.715. The molecule has 6 aromatic rings. The summed E-state index contributed by atoms with van der Waals surface area (Å²) in [5, 5.41) is 4.91. The molecule has 41 heavy (non-hydrogen) atoms. The number of thioether (sulfide) groups is 1. The van der Waals surface area contributed by atoms with Crippen LogP contribution in [0, 0.1) is 0 Å². The van der Waals surface area contributed by atoms with Crippen molar-refractivity contribution in [2.45, 2.75) is 11.5 Å². The highest BCUT2D eigenvalue weighted by molar-refractivity contribution is 7.97. The zero-order valence-corrected chi connectivity index (χ0v) is 24.9. The van der Waals surface area contributed by atoms with Crippen LogP contribution in [0.1, 0.15) is 22.3 Å². The van der Waals surface area contributed by atoms with E-state index in [4.69, 9.17) is 0 Å². The molecule has 0 atom stereocenters. The summed E-state index contributed by atoms with van der Waals surface area (Å²) >= 11 is 6.32. The van der Waals surface area contributed by atoms with Gasteiger partial charge in [0.25, 0.3) is 0 Å². The molecule has 2 heteroatoms. The highest BCUT2D eigenvalue weighted by Crippen LogP contribution is 2.45. The van der Waals surface area contributed by atoms with Gasteiger partial charge in [-0.15, -0.1) is 0 Å². The Labute approximate surface area is 252 Å². The summed E-state index contributed by atoms with van der Waals surface area (Å²) in [6.07, 6.45) is 6.13. The van der Waals surface area contributed by atoms with Crippen LogP contribution in [0.2, 0.25) is 0 Å². The first-order valence-corrected chi connectivity index (χ1v) is 15.8. The first-order chi connectivity index (χ1) is 20.2. The van der Waals surface area contributed by atoms with Crippen molar-refractivity contribution in [3.63, 3.8) is 0 Å². The standard InChI is InChI=1S/C39H32S2/c1-4-32-33(5-2)39(30-19-15-27(16-20-30)25-41-3)37-23-31(35-12-8-10-28-9-6-7-11-34(28)35)21-22-36(37)38(32)29-17-13-26(24-40)14-18-29/h4-23,40H,1-2,24-25H2,3H3. The van der Waals surface area contributed by atoms with Gasteiger partial charge in [0, 0.05) is 11.5 Å². The van der Waals surface area contributed by atoms with Crippen molar-refractivity contribution in [1.29, 1.82) is 0 Å². The fourth-order valence-electron chi connectivity index (χ4n) is 5.93. The van der Waals surface area contributed by atoms with Crippen LogP contribution in [0.4, 0.5) is 0 Å². The van der Waals surface area contributed by atoms with E-state index >= 15 is 0 Å². The van der Waals surface area contributed by atoms with Gasteiger partial charge in [-0.3, -0.25) is 0 Å². The van der Waals surface area contributed by atoms with Gasteiger partial charge in [-0.05, 0) is 89.5 Å². The van der Waals surface area contributed by atoms with Crippen LogP contribution < -0.4 is 0 Å². The Bertz CT molecular complexity index is 1890. The van der Waals surface area contributed by atoms with Gasteiger partial charge >= 0.3 is 0 Å². The molecule has 200 valence electrons. The average molecular weight is 565 g/mol. The maximum atomic E-state index is 4.48. The molecule has 0 heterocycles. The van der Waals surface area contributed by atoms with Gasteiger partial charge in [-0.25, -0.2) is 0 Å². The molecule has 0 N–H and O–H groups in total. The van der Waals surface area contributed by atoms with Crippen LogP contribution in [-0.4, -0.2) is 6.26 Å². The van der Waals surface area contributed by atoms with Gasteiger partial charge in [-0.2, -0.15) is 24.4 Å². The van der Waals surface area contributed by atoms with Crippen LogP contribution >= 0.6 is 24.4 Å². The quantitative estimate of drug-likeness (QED) is 0.179. The van der Waals surface area contributed by atoms with Crippen molar-refractivity contribution >= 4 is 58.1 Å². The molecular formula is C39H32S2. The minimum Gasteiger partial charge on any atom is -0.175 e. The normalized spacial score (nSPS) is 11.2. The summed E-state index contributed by atoms with van der Waals surface area (Å²) in [5.41, 5.74) is 11.9. The van der Waals surface area contributed by atoms with Crippen molar-refractivity contribution in [1.82, 2.24) is 0 Å². The summed E-state index contributed by atoms with van der Waals surface area (Å²) in [6.45, 7) is 8.58. The second-order valence-electron chi connectivity index (χ2n) is 10.3. The number of rotatable bonds is 8. The third-order valence-electron chi connectivity index (χ3n) is 7.87. The fourth-order valence-corrected chi connectivity index (χ4v) is 6.67. The zero-order chi connectivity index (χ0) is 28.3. The van der Waals surface area contributed by atoms with E-state index < -0.39 is 0 Å². The van der Waals surface area contributed by atoms with Gasteiger partial charge in [0.05, 0.1) is 0 Å². The summed E-state index contributed by atoms with van der Waals surface area (Å²) in [6, 6.07) is 39.8. The van der Waals surface area contributed by atoms with Gasteiger partial charge < -0.3 is 0 Å². The Morgan fingerprint density at radius 2 is 1.20 bits per heavy atom. The molecule has 0 aliphatic carbocycles. The van der Waals surface area contributed by atoms with Crippen molar-refractivity contribution in [2.75, 3.05) is 6.26 Å². The van der Waals surface area contributed by atoms with Gasteiger partial charge in [0.15, 0.2) is 0 Å². The van der Waals surface area contributed by atoms with Crippen molar-refractivity contribution in [2.24, 2.45) is 0 Å². The molecule has 0 amide bonds. The van der Waals surface area contributed by atoms with E-state index in [9.17, 15) is 0 Å². The van der Waals surface area contributed by atoms with Crippen LogP contribution in [0.25, 0.3) is 67.1 Å². The molecule has 0 aliphatic heterocycles. The van der Waals surface area contributed by atoms with E-state index in [0.29, 0.717) is 5.75 Å². The Balaban J connectivity index is 1.71. The van der Waals surface area contributed by atoms with E-state index in [-0.39, 0.29) is 0 Å². The van der Waals surface area contributed by atoms with Crippen molar-refractivity contribution in [3.8, 4) is 33.4 Å². The van der Waals surface area contributed by atoms with Gasteiger partial charge in [0.1, 0.15) is 0 Å². The monoisotopic (exact) mass is 564 g/mol. The highest BCUT2D eigenvalue weighted by Gasteiger charge is 2.20. The lowest BCUT2D eigenvalue weighted by atomic mass is 9.82. The first-order valence-electron chi connectivity index (χ1n) is 13.8. The Morgan fingerprint density at radius 3 is 1.83 bits per heavy atom. The second kappa shape index (κ2) is 11.9. The molecular weight excluding hydrogens is 533 g/mol. The maximum absolute atomic E-state index is 4.48. The van der Waals surface area contributed by atoms with Crippen LogP contribution in [0.15, 0.2) is 122 Å². The van der Waals surface area contributed by atoms with Gasteiger partial charge in [-0.1, -0.05) is 128 Å². The molecule has 0 unspecified atom stereocenters. The largest absolute Gasteiger partial charge is 0.175 e. The predicted molar refractivity (Wildman–Crippen MR) is 188 cm³/mol. The minimum absolute atomic E-state index is 0.715. The van der Waals surface area contributed by atoms with Crippen molar-refractivity contribution in [3.05, 3.63) is 145 Å². The molecule has 0 saturated heterocycles. The Morgan fingerprint density at radius 1 is 0.610 bits per heavy atom. The zero-order valence-electron chi connectivity index (χ0n) is 23.2. The Kier molecular flexibility index (Phi) is 7.87. The molecule has 0 nitrogen and oxygen atoms in total. The predicted octanol–water partition coefficient (Wildman–Crippen LogP) is 11.6. The number of fused-ring (bicyclic) bond motifs is 2. The lowest BCUT2D eigenvalue weighted by Gasteiger charge is -2.21. The van der Waals surface area contributed by atoms with E-state index in [1.54, 1.807) is 0 Å². The molecule has 0 bridgehead atoms. The highest BCUT2D eigenvalue weighted by atomic mass is 32.2. The molecule has 6 rings (SSSR count). The second-order valence-corrected chi connectivity index (χ2v) is 11.4.